The van der Waals surface area contributed by atoms with E-state index in [0.29, 0.717) is 12.8 Å². The zero-order chi connectivity index (χ0) is 21.9. The Labute approximate surface area is 176 Å². The van der Waals surface area contributed by atoms with Gasteiger partial charge in [0.2, 0.25) is 5.43 Å². The standard InChI is InChI=1S/C23H19F2N3O3/c1-27-11-18(28-21(23(27)31)22(30)19(29)10-26-28)20-16-6-4-14(24)8-12(16)2-3-13-9-15(25)5-7-17(13)20/h4-10,18,20,30H,2-3,11H2,1H3/t18-/m1/s1. The summed E-state index contributed by atoms with van der Waals surface area (Å²) in [7, 11) is 1.59. The molecule has 2 heterocycles. The summed E-state index contributed by atoms with van der Waals surface area (Å²) >= 11 is 0. The van der Waals surface area contributed by atoms with Gasteiger partial charge in [0.05, 0.1) is 12.2 Å². The van der Waals surface area contributed by atoms with Crippen molar-refractivity contribution < 1.29 is 18.7 Å². The van der Waals surface area contributed by atoms with Crippen molar-refractivity contribution in [1.29, 1.82) is 0 Å². The van der Waals surface area contributed by atoms with Crippen LogP contribution >= 0.6 is 0 Å². The number of rotatable bonds is 1. The van der Waals surface area contributed by atoms with Gasteiger partial charge in [0, 0.05) is 19.5 Å². The van der Waals surface area contributed by atoms with E-state index in [9.17, 15) is 23.5 Å². The maximum absolute atomic E-state index is 14.0. The van der Waals surface area contributed by atoms with E-state index in [-0.39, 0.29) is 23.9 Å². The van der Waals surface area contributed by atoms with Crippen LogP contribution in [0.1, 0.15) is 44.7 Å². The molecule has 0 bridgehead atoms. The third kappa shape index (κ3) is 3.01. The minimum Gasteiger partial charge on any atom is -0.502 e. The van der Waals surface area contributed by atoms with E-state index in [1.54, 1.807) is 19.2 Å². The maximum Gasteiger partial charge on any atom is 0.275 e. The smallest absolute Gasteiger partial charge is 0.275 e. The third-order valence-electron chi connectivity index (χ3n) is 6.24. The number of hydrogen-bond donors (Lipinski definition) is 1. The second kappa shape index (κ2) is 7.01. The molecule has 1 amide bonds. The molecule has 31 heavy (non-hydrogen) atoms. The van der Waals surface area contributed by atoms with Crippen molar-refractivity contribution in [1.82, 2.24) is 14.7 Å². The first kappa shape index (κ1) is 19.4. The Kier molecular flexibility index (Phi) is 4.39. The number of nitrogens with zero attached hydrogens (tertiary/aromatic N) is 3. The van der Waals surface area contributed by atoms with Crippen LogP contribution in [-0.4, -0.2) is 39.3 Å². The monoisotopic (exact) mass is 423 g/mol. The lowest BCUT2D eigenvalue weighted by Gasteiger charge is -2.38. The lowest BCUT2D eigenvalue weighted by atomic mass is 9.81. The fourth-order valence-corrected chi connectivity index (χ4v) is 4.82. The van der Waals surface area contributed by atoms with Crippen LogP contribution in [0.4, 0.5) is 8.78 Å². The van der Waals surface area contributed by atoms with Gasteiger partial charge in [0.15, 0.2) is 11.4 Å². The first-order chi connectivity index (χ1) is 14.8. The Morgan fingerprint density at radius 2 is 1.58 bits per heavy atom. The Morgan fingerprint density at radius 3 is 2.16 bits per heavy atom. The molecule has 0 unspecified atom stereocenters. The highest BCUT2D eigenvalue weighted by Crippen LogP contribution is 2.43. The van der Waals surface area contributed by atoms with E-state index in [1.807, 2.05) is 0 Å². The quantitative estimate of drug-likeness (QED) is 0.653. The molecule has 1 N–H and O–H groups in total. The number of fused-ring (bicyclic) bond motifs is 3. The molecule has 5 rings (SSSR count). The Balaban J connectivity index is 1.79. The Morgan fingerprint density at radius 1 is 1.00 bits per heavy atom. The van der Waals surface area contributed by atoms with Gasteiger partial charge in [-0.25, -0.2) is 8.78 Å². The van der Waals surface area contributed by atoms with E-state index in [1.165, 1.54) is 33.8 Å². The summed E-state index contributed by atoms with van der Waals surface area (Å²) in [5.41, 5.74) is 2.39. The molecule has 0 spiro atoms. The highest BCUT2D eigenvalue weighted by molar-refractivity contribution is 5.95. The first-order valence-electron chi connectivity index (χ1n) is 9.98. The summed E-state index contributed by atoms with van der Waals surface area (Å²) in [6, 6.07) is 8.68. The van der Waals surface area contributed by atoms with Gasteiger partial charge in [0.1, 0.15) is 11.6 Å². The fourth-order valence-electron chi connectivity index (χ4n) is 4.82. The number of halogens is 2. The van der Waals surface area contributed by atoms with Crippen molar-refractivity contribution in [3.8, 4) is 5.75 Å². The summed E-state index contributed by atoms with van der Waals surface area (Å²) in [5, 5.41) is 14.5. The minimum absolute atomic E-state index is 0.178. The van der Waals surface area contributed by atoms with Crippen molar-refractivity contribution in [2.45, 2.75) is 24.8 Å². The summed E-state index contributed by atoms with van der Waals surface area (Å²) in [6.07, 6.45) is 2.06. The van der Waals surface area contributed by atoms with Gasteiger partial charge in [-0.3, -0.25) is 14.3 Å². The van der Waals surface area contributed by atoms with Gasteiger partial charge in [-0.2, -0.15) is 5.10 Å². The van der Waals surface area contributed by atoms with Gasteiger partial charge in [-0.15, -0.1) is 0 Å². The number of amides is 1. The molecular formula is C23H19F2N3O3. The van der Waals surface area contributed by atoms with E-state index in [4.69, 9.17) is 0 Å². The number of hydrogen-bond acceptors (Lipinski definition) is 4. The number of carbonyl (C=O) groups is 1. The third-order valence-corrected chi connectivity index (χ3v) is 6.24. The highest BCUT2D eigenvalue weighted by Gasteiger charge is 2.40. The van der Waals surface area contributed by atoms with Gasteiger partial charge >= 0.3 is 0 Å². The summed E-state index contributed by atoms with van der Waals surface area (Å²) in [5.74, 6) is -2.26. The van der Waals surface area contributed by atoms with Gasteiger partial charge in [-0.05, 0) is 59.4 Å². The molecule has 0 saturated carbocycles. The fraction of sp³-hybridized carbons (Fsp3) is 0.261. The molecule has 1 aromatic heterocycles. The van der Waals surface area contributed by atoms with Crippen molar-refractivity contribution >= 4 is 5.91 Å². The Bertz CT molecular complexity index is 1230. The van der Waals surface area contributed by atoms with E-state index in [2.05, 4.69) is 5.10 Å². The molecule has 1 aliphatic heterocycles. The zero-order valence-corrected chi connectivity index (χ0v) is 16.7. The summed E-state index contributed by atoms with van der Waals surface area (Å²) in [6.45, 7) is 0.249. The summed E-state index contributed by atoms with van der Waals surface area (Å²) < 4.78 is 29.5. The summed E-state index contributed by atoms with van der Waals surface area (Å²) in [4.78, 5) is 26.1. The van der Waals surface area contributed by atoms with Crippen molar-refractivity contribution in [2.24, 2.45) is 0 Å². The van der Waals surface area contributed by atoms with Crippen LogP contribution in [0, 0.1) is 11.6 Å². The predicted molar refractivity (Wildman–Crippen MR) is 108 cm³/mol. The number of benzene rings is 2. The largest absolute Gasteiger partial charge is 0.502 e. The molecular weight excluding hydrogens is 404 g/mol. The van der Waals surface area contributed by atoms with Crippen LogP contribution in [0.25, 0.3) is 0 Å². The average molecular weight is 423 g/mol. The number of aryl methyl sites for hydroxylation is 2. The van der Waals surface area contributed by atoms with Crippen molar-refractivity contribution in [3.05, 3.63) is 92.4 Å². The molecule has 2 aliphatic rings. The van der Waals surface area contributed by atoms with Crippen LogP contribution in [0.3, 0.4) is 0 Å². The molecule has 1 aliphatic carbocycles. The molecule has 1 atom stereocenters. The van der Waals surface area contributed by atoms with E-state index < -0.39 is 29.0 Å². The van der Waals surface area contributed by atoms with Gasteiger partial charge in [0.25, 0.3) is 5.91 Å². The lowest BCUT2D eigenvalue weighted by molar-refractivity contribution is 0.0686. The molecule has 0 saturated heterocycles. The van der Waals surface area contributed by atoms with Crippen LogP contribution in [0.2, 0.25) is 0 Å². The molecule has 2 aromatic carbocycles. The minimum atomic E-state index is -0.737. The van der Waals surface area contributed by atoms with Crippen LogP contribution in [0.15, 0.2) is 47.4 Å². The van der Waals surface area contributed by atoms with E-state index >= 15 is 0 Å². The second-order valence-electron chi connectivity index (χ2n) is 8.07. The van der Waals surface area contributed by atoms with Gasteiger partial charge in [-0.1, -0.05) is 12.1 Å². The van der Waals surface area contributed by atoms with Gasteiger partial charge < -0.3 is 10.0 Å². The second-order valence-corrected chi connectivity index (χ2v) is 8.07. The molecule has 8 heteroatoms. The number of aromatic nitrogens is 2. The van der Waals surface area contributed by atoms with Crippen LogP contribution in [-0.2, 0) is 12.8 Å². The lowest BCUT2D eigenvalue weighted by Crippen LogP contribution is -2.45. The van der Waals surface area contributed by atoms with E-state index in [0.717, 1.165) is 28.5 Å². The topological polar surface area (TPSA) is 75.4 Å². The number of likely N-dealkylation sites (N-methyl/N-ethyl adjacent to an activating group) is 1. The van der Waals surface area contributed by atoms with Crippen molar-refractivity contribution in [3.63, 3.8) is 0 Å². The first-order valence-corrected chi connectivity index (χ1v) is 9.98. The predicted octanol–water partition coefficient (Wildman–Crippen LogP) is 2.78. The number of carbonyl (C=O) groups excluding carboxylic acids is 1. The molecule has 6 nitrogen and oxygen atoms in total. The van der Waals surface area contributed by atoms with Crippen LogP contribution < -0.4 is 5.43 Å². The molecule has 0 radical (unpaired) electrons. The highest BCUT2D eigenvalue weighted by atomic mass is 19.1. The average Bonchev–Trinajstić information content (AvgIpc) is 2.89. The number of aromatic hydroxyl groups is 1. The molecule has 158 valence electrons. The molecule has 0 fully saturated rings. The van der Waals surface area contributed by atoms with Crippen molar-refractivity contribution in [2.75, 3.05) is 13.6 Å². The maximum atomic E-state index is 14.0. The van der Waals surface area contributed by atoms with Crippen LogP contribution in [0.5, 0.6) is 5.75 Å². The Hall–Kier alpha value is -3.55. The molecule has 3 aromatic rings. The SMILES string of the molecule is CN1C[C@H](C2c3ccc(F)cc3CCc3cc(F)ccc32)n2ncc(=O)c(O)c2C1=O. The zero-order valence-electron chi connectivity index (χ0n) is 16.7. The normalized spacial score (nSPS) is 18.2.